The maximum Gasteiger partial charge on any atom is 0.167 e. The molecule has 2 aromatic rings. The van der Waals surface area contributed by atoms with Crippen LogP contribution in [0.4, 0.5) is 0 Å². The largest absolute Gasteiger partial charge is 0.294 e. The third-order valence-corrected chi connectivity index (χ3v) is 3.61. The number of nitrogens with zero attached hydrogens (tertiary/aromatic N) is 1. The summed E-state index contributed by atoms with van der Waals surface area (Å²) in [5.41, 5.74) is 1.72. The summed E-state index contributed by atoms with van der Waals surface area (Å²) in [5, 5.41) is 2.00. The fraction of sp³-hybridized carbons (Fsp3) is 0.385. The summed E-state index contributed by atoms with van der Waals surface area (Å²) in [6.07, 6.45) is 3.69. The highest BCUT2D eigenvalue weighted by atomic mass is 32.1. The van der Waals surface area contributed by atoms with Gasteiger partial charge >= 0.3 is 0 Å². The second-order valence-electron chi connectivity index (χ2n) is 4.08. The van der Waals surface area contributed by atoms with Gasteiger partial charge < -0.3 is 0 Å². The number of Topliss-reactive ketones (excluding diaryl/α,β-unsaturated/α-hetero) is 1. The maximum atomic E-state index is 12.1. The topological polar surface area (TPSA) is 30.0 Å². The van der Waals surface area contributed by atoms with E-state index in [1.807, 2.05) is 24.4 Å². The fourth-order valence-corrected chi connectivity index (χ4v) is 2.61. The molecule has 0 bridgehead atoms. The Balaban J connectivity index is 2.28. The zero-order valence-electron chi connectivity index (χ0n) is 9.56. The fourth-order valence-electron chi connectivity index (χ4n) is 1.83. The molecule has 2 heterocycles. The van der Waals surface area contributed by atoms with Crippen molar-refractivity contribution in [1.82, 2.24) is 4.98 Å². The second kappa shape index (κ2) is 4.74. The van der Waals surface area contributed by atoms with Crippen molar-refractivity contribution in [2.45, 2.75) is 26.7 Å². The molecule has 0 aliphatic rings. The van der Waals surface area contributed by atoms with Crippen molar-refractivity contribution in [1.29, 1.82) is 0 Å². The van der Waals surface area contributed by atoms with Crippen LogP contribution in [0.25, 0.3) is 10.2 Å². The summed E-state index contributed by atoms with van der Waals surface area (Å²) in [5.74, 6) is 0.314. The predicted molar refractivity (Wildman–Crippen MR) is 68.0 cm³/mol. The van der Waals surface area contributed by atoms with Crippen LogP contribution in [0.3, 0.4) is 0 Å². The van der Waals surface area contributed by atoms with Crippen molar-refractivity contribution in [2.75, 3.05) is 0 Å². The van der Waals surface area contributed by atoms with E-state index in [1.165, 1.54) is 0 Å². The molecule has 0 N–H and O–H groups in total. The number of hydrogen-bond donors (Lipinski definition) is 0. The first-order valence-electron chi connectivity index (χ1n) is 5.60. The van der Waals surface area contributed by atoms with E-state index in [0.29, 0.717) is 0 Å². The van der Waals surface area contributed by atoms with Crippen LogP contribution in [0.1, 0.15) is 37.0 Å². The minimum absolute atomic E-state index is 0.101. The molecule has 0 aromatic carbocycles. The monoisotopic (exact) mass is 233 g/mol. The van der Waals surface area contributed by atoms with Crippen LogP contribution in [0.15, 0.2) is 23.7 Å². The molecule has 0 aliphatic heterocycles. The smallest absolute Gasteiger partial charge is 0.167 e. The number of hydrogen-bond acceptors (Lipinski definition) is 3. The number of fused-ring (bicyclic) bond motifs is 1. The lowest BCUT2D eigenvalue weighted by Gasteiger charge is -2.08. The number of rotatable bonds is 4. The third kappa shape index (κ3) is 2.14. The molecule has 84 valence electrons. The summed E-state index contributed by atoms with van der Waals surface area (Å²) >= 11 is 1.63. The molecule has 1 atom stereocenters. The molecule has 1 unspecified atom stereocenters. The van der Waals surface area contributed by atoms with Crippen LogP contribution in [0, 0.1) is 5.92 Å². The van der Waals surface area contributed by atoms with Gasteiger partial charge in [0, 0.05) is 17.7 Å². The van der Waals surface area contributed by atoms with Crippen molar-refractivity contribution in [3.05, 3.63) is 29.3 Å². The molecule has 0 radical (unpaired) electrons. The SMILES string of the molecule is CCCC(C)C(=O)c1cnc2ccsc2c1. The second-order valence-corrected chi connectivity index (χ2v) is 5.03. The van der Waals surface area contributed by atoms with E-state index in [2.05, 4.69) is 11.9 Å². The van der Waals surface area contributed by atoms with E-state index < -0.39 is 0 Å². The summed E-state index contributed by atoms with van der Waals surface area (Å²) in [7, 11) is 0. The number of carbonyl (C=O) groups excluding carboxylic acids is 1. The summed E-state index contributed by atoms with van der Waals surface area (Å²) in [6.45, 7) is 4.09. The molecule has 2 rings (SSSR count). The molecular formula is C13H15NOS. The van der Waals surface area contributed by atoms with Crippen LogP contribution in [0.5, 0.6) is 0 Å². The van der Waals surface area contributed by atoms with Crippen LogP contribution in [0.2, 0.25) is 0 Å². The van der Waals surface area contributed by atoms with E-state index in [0.717, 1.165) is 28.6 Å². The van der Waals surface area contributed by atoms with E-state index in [-0.39, 0.29) is 11.7 Å². The molecule has 0 amide bonds. The van der Waals surface area contributed by atoms with Gasteiger partial charge in [-0.25, -0.2) is 0 Å². The van der Waals surface area contributed by atoms with Crippen molar-refractivity contribution < 1.29 is 4.79 Å². The maximum absolute atomic E-state index is 12.1. The van der Waals surface area contributed by atoms with Gasteiger partial charge in [-0.1, -0.05) is 20.3 Å². The van der Waals surface area contributed by atoms with Crippen LogP contribution in [-0.2, 0) is 0 Å². The quantitative estimate of drug-likeness (QED) is 0.749. The molecule has 16 heavy (non-hydrogen) atoms. The Kier molecular flexibility index (Phi) is 3.34. The van der Waals surface area contributed by atoms with Crippen LogP contribution < -0.4 is 0 Å². The van der Waals surface area contributed by atoms with Gasteiger partial charge in [0.05, 0.1) is 10.2 Å². The highest BCUT2D eigenvalue weighted by molar-refractivity contribution is 7.17. The summed E-state index contributed by atoms with van der Waals surface area (Å²) in [6, 6.07) is 3.94. The van der Waals surface area contributed by atoms with Gasteiger partial charge in [0.15, 0.2) is 5.78 Å². The Labute approximate surface area is 99.3 Å². The highest BCUT2D eigenvalue weighted by Crippen LogP contribution is 2.21. The molecule has 3 heteroatoms. The molecule has 0 saturated heterocycles. The first kappa shape index (κ1) is 11.3. The van der Waals surface area contributed by atoms with Gasteiger partial charge in [-0.15, -0.1) is 11.3 Å². The average molecular weight is 233 g/mol. The van der Waals surface area contributed by atoms with E-state index in [9.17, 15) is 4.79 Å². The number of carbonyl (C=O) groups is 1. The lowest BCUT2D eigenvalue weighted by atomic mass is 9.96. The van der Waals surface area contributed by atoms with Gasteiger partial charge in [-0.3, -0.25) is 9.78 Å². The zero-order chi connectivity index (χ0) is 11.5. The first-order chi connectivity index (χ1) is 7.72. The zero-order valence-corrected chi connectivity index (χ0v) is 10.4. The Hall–Kier alpha value is -1.22. The molecule has 2 nitrogen and oxygen atoms in total. The van der Waals surface area contributed by atoms with Crippen molar-refractivity contribution in [3.8, 4) is 0 Å². The van der Waals surface area contributed by atoms with Gasteiger partial charge in [0.25, 0.3) is 0 Å². The van der Waals surface area contributed by atoms with Crippen LogP contribution >= 0.6 is 11.3 Å². The van der Waals surface area contributed by atoms with Crippen LogP contribution in [-0.4, -0.2) is 10.8 Å². The normalized spacial score (nSPS) is 12.9. The average Bonchev–Trinajstić information content (AvgIpc) is 2.75. The minimum Gasteiger partial charge on any atom is -0.294 e. The van der Waals surface area contributed by atoms with Gasteiger partial charge in [0.2, 0.25) is 0 Å². The standard InChI is InChI=1S/C13H15NOS/c1-3-4-9(2)13(15)10-7-12-11(14-8-10)5-6-16-12/h5-9H,3-4H2,1-2H3. The molecular weight excluding hydrogens is 218 g/mol. The van der Waals surface area contributed by atoms with Crippen molar-refractivity contribution in [2.24, 2.45) is 5.92 Å². The predicted octanol–water partition coefficient (Wildman–Crippen LogP) is 3.92. The summed E-state index contributed by atoms with van der Waals surface area (Å²) < 4.78 is 1.09. The summed E-state index contributed by atoms with van der Waals surface area (Å²) in [4.78, 5) is 16.4. The number of aromatic nitrogens is 1. The molecule has 0 fully saturated rings. The van der Waals surface area contributed by atoms with Gasteiger partial charge in [-0.05, 0) is 23.9 Å². The Bertz CT molecular complexity index is 503. The first-order valence-corrected chi connectivity index (χ1v) is 6.47. The number of thiophene rings is 1. The lowest BCUT2D eigenvalue weighted by Crippen LogP contribution is -2.11. The third-order valence-electron chi connectivity index (χ3n) is 2.76. The molecule has 0 aliphatic carbocycles. The van der Waals surface area contributed by atoms with Gasteiger partial charge in [0.1, 0.15) is 0 Å². The van der Waals surface area contributed by atoms with Crippen molar-refractivity contribution >= 4 is 27.3 Å². The van der Waals surface area contributed by atoms with Gasteiger partial charge in [-0.2, -0.15) is 0 Å². The molecule has 2 aromatic heterocycles. The highest BCUT2D eigenvalue weighted by Gasteiger charge is 2.15. The Morgan fingerprint density at radius 2 is 2.38 bits per heavy atom. The Morgan fingerprint density at radius 3 is 3.12 bits per heavy atom. The Morgan fingerprint density at radius 1 is 1.56 bits per heavy atom. The molecule has 0 saturated carbocycles. The number of pyridine rings is 1. The lowest BCUT2D eigenvalue weighted by molar-refractivity contribution is 0.0923. The van der Waals surface area contributed by atoms with Crippen molar-refractivity contribution in [3.63, 3.8) is 0 Å². The number of ketones is 1. The van der Waals surface area contributed by atoms with E-state index >= 15 is 0 Å². The van der Waals surface area contributed by atoms with E-state index in [4.69, 9.17) is 0 Å². The minimum atomic E-state index is 0.101. The molecule has 0 spiro atoms. The van der Waals surface area contributed by atoms with E-state index in [1.54, 1.807) is 17.5 Å².